The van der Waals surface area contributed by atoms with Gasteiger partial charge in [0, 0.05) is 18.6 Å². The van der Waals surface area contributed by atoms with Crippen LogP contribution < -0.4 is 0 Å². The average molecular weight is 127 g/mol. The van der Waals surface area contributed by atoms with Gasteiger partial charge in [0.2, 0.25) is 0 Å². The Kier molecular flexibility index (Phi) is 1.85. The van der Waals surface area contributed by atoms with E-state index in [0.717, 1.165) is 11.3 Å². The molecule has 3 nitrogen and oxygen atoms in total. The zero-order valence-corrected chi connectivity index (χ0v) is 5.29. The smallest absolute Gasteiger partial charge is 0.127 e. The normalized spacial score (nSPS) is 10.0. The summed E-state index contributed by atoms with van der Waals surface area (Å²) in [6.07, 6.45) is 2.20. The minimum absolute atomic E-state index is 0.155. The number of aryl methyl sites for hydroxylation is 1. The Morgan fingerprint density at radius 3 is 3.00 bits per heavy atom. The molecule has 0 unspecified atom stereocenters. The van der Waals surface area contributed by atoms with Crippen molar-refractivity contribution in [3.05, 3.63) is 17.5 Å². The van der Waals surface area contributed by atoms with Crippen LogP contribution in [0.2, 0.25) is 0 Å². The molecule has 0 atom stereocenters. The predicted octanol–water partition coefficient (Wildman–Crippen LogP) is 0.518. The summed E-state index contributed by atoms with van der Waals surface area (Å²) >= 11 is 0. The Morgan fingerprint density at radius 1 is 1.78 bits per heavy atom. The Bertz CT molecular complexity index is 183. The van der Waals surface area contributed by atoms with Gasteiger partial charge < -0.3 is 9.63 Å². The van der Waals surface area contributed by atoms with E-state index in [4.69, 9.17) is 5.11 Å². The van der Waals surface area contributed by atoms with E-state index >= 15 is 0 Å². The molecule has 0 aromatic carbocycles. The third-order valence-corrected chi connectivity index (χ3v) is 1.23. The molecule has 3 heteroatoms. The van der Waals surface area contributed by atoms with E-state index in [0.29, 0.717) is 6.42 Å². The molecule has 1 N–H and O–H groups in total. The zero-order chi connectivity index (χ0) is 6.69. The van der Waals surface area contributed by atoms with Crippen LogP contribution in [0.3, 0.4) is 0 Å². The van der Waals surface area contributed by atoms with Crippen LogP contribution in [-0.2, 0) is 6.42 Å². The van der Waals surface area contributed by atoms with Gasteiger partial charge in [0.1, 0.15) is 6.26 Å². The second kappa shape index (κ2) is 2.64. The van der Waals surface area contributed by atoms with Crippen LogP contribution in [0.15, 0.2) is 10.8 Å². The van der Waals surface area contributed by atoms with E-state index in [1.165, 1.54) is 0 Å². The van der Waals surface area contributed by atoms with Crippen LogP contribution in [0.4, 0.5) is 0 Å². The van der Waals surface area contributed by atoms with Gasteiger partial charge in [-0.25, -0.2) is 0 Å². The highest BCUT2D eigenvalue weighted by Gasteiger charge is 1.99. The third kappa shape index (κ3) is 1.29. The molecular formula is C6H9NO2. The van der Waals surface area contributed by atoms with E-state index in [2.05, 4.69) is 9.68 Å². The van der Waals surface area contributed by atoms with Crippen LogP contribution in [0, 0.1) is 6.92 Å². The van der Waals surface area contributed by atoms with Gasteiger partial charge in [-0.15, -0.1) is 0 Å². The third-order valence-electron chi connectivity index (χ3n) is 1.23. The Morgan fingerprint density at radius 2 is 2.56 bits per heavy atom. The summed E-state index contributed by atoms with van der Waals surface area (Å²) in [5, 5.41) is 12.1. The van der Waals surface area contributed by atoms with E-state index in [1.807, 2.05) is 6.92 Å². The summed E-state index contributed by atoms with van der Waals surface area (Å²) in [6, 6.07) is 0. The van der Waals surface area contributed by atoms with Gasteiger partial charge in [0.15, 0.2) is 0 Å². The maximum atomic E-state index is 8.49. The number of nitrogens with zero attached hydrogens (tertiary/aromatic N) is 1. The van der Waals surface area contributed by atoms with Gasteiger partial charge in [0.25, 0.3) is 0 Å². The monoisotopic (exact) mass is 127 g/mol. The molecule has 1 aromatic rings. The van der Waals surface area contributed by atoms with Crippen LogP contribution in [0.25, 0.3) is 0 Å². The van der Waals surface area contributed by atoms with Crippen molar-refractivity contribution in [3.8, 4) is 0 Å². The molecular weight excluding hydrogens is 118 g/mol. The SMILES string of the molecule is Cc1nocc1CCO. The fourth-order valence-corrected chi connectivity index (χ4v) is 0.673. The molecule has 0 aliphatic heterocycles. The lowest BCUT2D eigenvalue weighted by Crippen LogP contribution is -1.89. The molecule has 1 aromatic heterocycles. The van der Waals surface area contributed by atoms with Crippen LogP contribution in [0.1, 0.15) is 11.3 Å². The van der Waals surface area contributed by atoms with Crippen molar-refractivity contribution in [2.45, 2.75) is 13.3 Å². The van der Waals surface area contributed by atoms with Crippen LogP contribution >= 0.6 is 0 Å². The highest BCUT2D eigenvalue weighted by Crippen LogP contribution is 2.03. The van der Waals surface area contributed by atoms with E-state index in [1.54, 1.807) is 6.26 Å². The van der Waals surface area contributed by atoms with Crippen molar-refractivity contribution < 1.29 is 9.63 Å². The number of hydrogen-bond donors (Lipinski definition) is 1. The lowest BCUT2D eigenvalue weighted by Gasteiger charge is -1.88. The second-order valence-electron chi connectivity index (χ2n) is 1.90. The summed E-state index contributed by atoms with van der Waals surface area (Å²) in [5.74, 6) is 0. The van der Waals surface area contributed by atoms with Crippen molar-refractivity contribution in [1.82, 2.24) is 5.16 Å². The van der Waals surface area contributed by atoms with E-state index < -0.39 is 0 Å². The molecule has 0 fully saturated rings. The predicted molar refractivity (Wildman–Crippen MR) is 32.0 cm³/mol. The quantitative estimate of drug-likeness (QED) is 0.629. The Labute approximate surface area is 53.3 Å². The topological polar surface area (TPSA) is 46.3 Å². The lowest BCUT2D eigenvalue weighted by molar-refractivity contribution is 0.299. The highest BCUT2D eigenvalue weighted by molar-refractivity contribution is 5.12. The molecule has 0 saturated carbocycles. The number of aliphatic hydroxyl groups is 1. The van der Waals surface area contributed by atoms with E-state index in [9.17, 15) is 0 Å². The summed E-state index contributed by atoms with van der Waals surface area (Å²) in [5.41, 5.74) is 1.85. The highest BCUT2D eigenvalue weighted by atomic mass is 16.5. The second-order valence-corrected chi connectivity index (χ2v) is 1.90. The standard InChI is InChI=1S/C6H9NO2/c1-5-6(2-3-8)4-9-7-5/h4,8H,2-3H2,1H3. The van der Waals surface area contributed by atoms with Gasteiger partial charge in [-0.3, -0.25) is 0 Å². The molecule has 0 saturated heterocycles. The summed E-state index contributed by atoms with van der Waals surface area (Å²) in [7, 11) is 0. The maximum absolute atomic E-state index is 8.49. The molecule has 0 aliphatic carbocycles. The zero-order valence-electron chi connectivity index (χ0n) is 5.29. The Hall–Kier alpha value is -0.830. The maximum Gasteiger partial charge on any atom is 0.127 e. The molecule has 0 bridgehead atoms. The first-order chi connectivity index (χ1) is 4.34. The first-order valence-corrected chi connectivity index (χ1v) is 2.85. The Balaban J connectivity index is 2.69. The largest absolute Gasteiger partial charge is 0.396 e. The summed E-state index contributed by atoms with van der Waals surface area (Å²) in [4.78, 5) is 0. The molecule has 1 heterocycles. The number of aromatic nitrogens is 1. The van der Waals surface area contributed by atoms with Crippen LogP contribution in [0.5, 0.6) is 0 Å². The van der Waals surface area contributed by atoms with Crippen molar-refractivity contribution in [3.63, 3.8) is 0 Å². The van der Waals surface area contributed by atoms with Crippen molar-refractivity contribution in [1.29, 1.82) is 0 Å². The van der Waals surface area contributed by atoms with Crippen molar-refractivity contribution in [2.75, 3.05) is 6.61 Å². The first-order valence-electron chi connectivity index (χ1n) is 2.85. The van der Waals surface area contributed by atoms with Crippen molar-refractivity contribution >= 4 is 0 Å². The average Bonchev–Trinajstić information content (AvgIpc) is 2.18. The number of rotatable bonds is 2. The van der Waals surface area contributed by atoms with Gasteiger partial charge in [-0.2, -0.15) is 0 Å². The van der Waals surface area contributed by atoms with Crippen LogP contribution in [-0.4, -0.2) is 16.9 Å². The molecule has 50 valence electrons. The lowest BCUT2D eigenvalue weighted by atomic mass is 10.2. The fraction of sp³-hybridized carbons (Fsp3) is 0.500. The van der Waals surface area contributed by atoms with E-state index in [-0.39, 0.29) is 6.61 Å². The molecule has 0 amide bonds. The number of hydrogen-bond acceptors (Lipinski definition) is 3. The minimum Gasteiger partial charge on any atom is -0.396 e. The molecule has 1 rings (SSSR count). The number of aliphatic hydroxyl groups excluding tert-OH is 1. The molecule has 0 radical (unpaired) electrons. The molecule has 0 spiro atoms. The van der Waals surface area contributed by atoms with Gasteiger partial charge in [-0.1, -0.05) is 5.16 Å². The van der Waals surface area contributed by atoms with Crippen molar-refractivity contribution in [2.24, 2.45) is 0 Å². The van der Waals surface area contributed by atoms with Gasteiger partial charge in [-0.05, 0) is 6.92 Å². The summed E-state index contributed by atoms with van der Waals surface area (Å²) < 4.78 is 4.64. The molecule has 9 heavy (non-hydrogen) atoms. The van der Waals surface area contributed by atoms with Gasteiger partial charge in [0.05, 0.1) is 5.69 Å². The fourth-order valence-electron chi connectivity index (χ4n) is 0.673. The molecule has 0 aliphatic rings. The van der Waals surface area contributed by atoms with Gasteiger partial charge >= 0.3 is 0 Å². The minimum atomic E-state index is 0.155. The first kappa shape index (κ1) is 6.29. The summed E-state index contributed by atoms with van der Waals surface area (Å²) in [6.45, 7) is 2.01.